The molecule has 2 rings (SSSR count). The zero-order valence-electron chi connectivity index (χ0n) is 11.3. The van der Waals surface area contributed by atoms with E-state index >= 15 is 0 Å². The molecular weight excluding hydrogens is 272 g/mol. The predicted octanol–water partition coefficient (Wildman–Crippen LogP) is 2.10. The fourth-order valence-electron chi connectivity index (χ4n) is 2.38. The molecule has 5 nitrogen and oxygen atoms in total. The van der Waals surface area contributed by atoms with E-state index in [1.165, 1.54) is 11.8 Å². The van der Waals surface area contributed by atoms with Crippen molar-refractivity contribution in [1.82, 2.24) is 10.3 Å². The van der Waals surface area contributed by atoms with Gasteiger partial charge in [0, 0.05) is 6.20 Å². The molecule has 0 radical (unpaired) electrons. The minimum Gasteiger partial charge on any atom is -0.397 e. The van der Waals surface area contributed by atoms with Gasteiger partial charge in [-0.1, -0.05) is 31.0 Å². The first-order chi connectivity index (χ1) is 9.65. The summed E-state index contributed by atoms with van der Waals surface area (Å²) in [5.74, 6) is 0.0912. The number of pyridine rings is 1. The number of carbonyl (C=O) groups excluding carboxylic acids is 1. The molecule has 106 valence electrons. The number of nitrogens with zero attached hydrogens (tertiary/aromatic N) is 2. The van der Waals surface area contributed by atoms with Crippen LogP contribution in [0.25, 0.3) is 0 Å². The summed E-state index contributed by atoms with van der Waals surface area (Å²) in [6.07, 6.45) is 6.26. The van der Waals surface area contributed by atoms with Crippen molar-refractivity contribution in [3.8, 4) is 6.07 Å². The standard InChI is InChI=1S/C14H18N4OS/c15-10-14(6-2-1-3-7-14)18-12(19)9-20-13-11(16)5-4-8-17-13/h4-5,8H,1-3,6-7,9,16H2,(H,18,19). The summed E-state index contributed by atoms with van der Waals surface area (Å²) >= 11 is 1.30. The van der Waals surface area contributed by atoms with Crippen LogP contribution in [0.5, 0.6) is 0 Å². The van der Waals surface area contributed by atoms with Crippen LogP contribution in [-0.4, -0.2) is 22.2 Å². The van der Waals surface area contributed by atoms with Crippen LogP contribution >= 0.6 is 11.8 Å². The van der Waals surface area contributed by atoms with Crippen molar-refractivity contribution in [2.75, 3.05) is 11.5 Å². The summed E-state index contributed by atoms with van der Waals surface area (Å²) < 4.78 is 0. The van der Waals surface area contributed by atoms with E-state index in [0.717, 1.165) is 32.1 Å². The lowest BCUT2D eigenvalue weighted by Crippen LogP contribution is -2.49. The maximum absolute atomic E-state index is 12.0. The fraction of sp³-hybridized carbons (Fsp3) is 0.500. The zero-order valence-corrected chi connectivity index (χ0v) is 12.1. The predicted molar refractivity (Wildman–Crippen MR) is 78.9 cm³/mol. The van der Waals surface area contributed by atoms with E-state index in [4.69, 9.17) is 5.73 Å². The van der Waals surface area contributed by atoms with E-state index in [-0.39, 0.29) is 11.7 Å². The minimum atomic E-state index is -0.675. The molecule has 20 heavy (non-hydrogen) atoms. The van der Waals surface area contributed by atoms with Crippen molar-refractivity contribution in [2.45, 2.75) is 42.7 Å². The highest BCUT2D eigenvalue weighted by Crippen LogP contribution is 2.28. The summed E-state index contributed by atoms with van der Waals surface area (Å²) in [4.78, 5) is 16.1. The Balaban J connectivity index is 1.89. The molecule has 0 unspecified atom stereocenters. The number of anilines is 1. The van der Waals surface area contributed by atoms with E-state index < -0.39 is 5.54 Å². The second-order valence-electron chi connectivity index (χ2n) is 4.99. The van der Waals surface area contributed by atoms with Gasteiger partial charge in [-0.25, -0.2) is 4.98 Å². The van der Waals surface area contributed by atoms with Crippen molar-refractivity contribution in [2.24, 2.45) is 0 Å². The van der Waals surface area contributed by atoms with Crippen LogP contribution in [0, 0.1) is 11.3 Å². The van der Waals surface area contributed by atoms with Gasteiger partial charge in [0.1, 0.15) is 10.6 Å². The number of aromatic nitrogens is 1. The molecule has 0 bridgehead atoms. The van der Waals surface area contributed by atoms with Crippen molar-refractivity contribution in [3.63, 3.8) is 0 Å². The third kappa shape index (κ3) is 3.64. The number of carbonyl (C=O) groups is 1. The Bertz CT molecular complexity index is 520. The normalized spacial score (nSPS) is 17.1. The van der Waals surface area contributed by atoms with E-state index in [1.54, 1.807) is 18.3 Å². The molecule has 6 heteroatoms. The van der Waals surface area contributed by atoms with Crippen molar-refractivity contribution >= 4 is 23.4 Å². The largest absolute Gasteiger partial charge is 0.397 e. The molecule has 0 saturated heterocycles. The Morgan fingerprint density at radius 2 is 2.25 bits per heavy atom. The van der Waals surface area contributed by atoms with Gasteiger partial charge >= 0.3 is 0 Å². The number of nitrogens with one attached hydrogen (secondary N) is 1. The monoisotopic (exact) mass is 290 g/mol. The number of rotatable bonds is 4. The van der Waals surface area contributed by atoms with Crippen LogP contribution in [0.1, 0.15) is 32.1 Å². The van der Waals surface area contributed by atoms with Gasteiger partial charge in [-0.2, -0.15) is 5.26 Å². The first-order valence-electron chi connectivity index (χ1n) is 6.71. The van der Waals surface area contributed by atoms with E-state index in [0.29, 0.717) is 10.7 Å². The molecule has 1 aliphatic rings. The Morgan fingerprint density at radius 3 is 2.90 bits per heavy atom. The molecule has 0 aliphatic heterocycles. The topological polar surface area (TPSA) is 91.8 Å². The Labute approximate surface area is 122 Å². The number of nitrogens with two attached hydrogens (primary N) is 1. The molecule has 0 aromatic carbocycles. The smallest absolute Gasteiger partial charge is 0.231 e. The minimum absolute atomic E-state index is 0.136. The summed E-state index contributed by atoms with van der Waals surface area (Å²) in [5.41, 5.74) is 5.67. The Morgan fingerprint density at radius 1 is 1.50 bits per heavy atom. The van der Waals surface area contributed by atoms with Gasteiger partial charge in [-0.15, -0.1) is 0 Å². The van der Waals surface area contributed by atoms with Crippen LogP contribution in [0.15, 0.2) is 23.4 Å². The fourth-order valence-corrected chi connectivity index (χ4v) is 3.09. The molecule has 0 spiro atoms. The number of thioether (sulfide) groups is 1. The molecule has 1 fully saturated rings. The zero-order chi connectivity index (χ0) is 14.4. The van der Waals surface area contributed by atoms with Gasteiger partial charge in [0.2, 0.25) is 5.91 Å². The maximum Gasteiger partial charge on any atom is 0.231 e. The number of hydrogen-bond donors (Lipinski definition) is 2. The van der Waals surface area contributed by atoms with Gasteiger partial charge in [0.25, 0.3) is 0 Å². The lowest BCUT2D eigenvalue weighted by molar-refractivity contribution is -0.120. The van der Waals surface area contributed by atoms with Crippen LogP contribution in [0.4, 0.5) is 5.69 Å². The van der Waals surface area contributed by atoms with E-state index in [9.17, 15) is 10.1 Å². The highest BCUT2D eigenvalue weighted by Gasteiger charge is 2.33. The first-order valence-corrected chi connectivity index (χ1v) is 7.69. The third-order valence-electron chi connectivity index (χ3n) is 3.44. The summed E-state index contributed by atoms with van der Waals surface area (Å²) in [6, 6.07) is 5.79. The lowest BCUT2D eigenvalue weighted by Gasteiger charge is -2.31. The molecule has 1 heterocycles. The molecule has 1 aromatic heterocycles. The quantitative estimate of drug-likeness (QED) is 0.828. The van der Waals surface area contributed by atoms with Crippen LogP contribution in [-0.2, 0) is 4.79 Å². The first kappa shape index (κ1) is 14.7. The Kier molecular flexibility index (Phi) is 4.85. The molecular formula is C14H18N4OS. The van der Waals surface area contributed by atoms with Gasteiger partial charge < -0.3 is 11.1 Å². The maximum atomic E-state index is 12.0. The van der Waals surface area contributed by atoms with Crippen LogP contribution in [0.3, 0.4) is 0 Å². The van der Waals surface area contributed by atoms with Crippen molar-refractivity contribution in [1.29, 1.82) is 5.26 Å². The summed E-state index contributed by atoms with van der Waals surface area (Å²) in [5, 5.41) is 12.8. The number of nitriles is 1. The number of nitrogen functional groups attached to an aromatic ring is 1. The van der Waals surface area contributed by atoms with E-state index in [2.05, 4.69) is 16.4 Å². The van der Waals surface area contributed by atoms with Gasteiger partial charge in [-0.05, 0) is 25.0 Å². The molecule has 1 aromatic rings. The van der Waals surface area contributed by atoms with Gasteiger partial charge in [-0.3, -0.25) is 4.79 Å². The van der Waals surface area contributed by atoms with Gasteiger partial charge in [0.05, 0.1) is 17.5 Å². The highest BCUT2D eigenvalue weighted by atomic mass is 32.2. The number of hydrogen-bond acceptors (Lipinski definition) is 5. The summed E-state index contributed by atoms with van der Waals surface area (Å²) in [7, 11) is 0. The SMILES string of the molecule is N#CC1(NC(=O)CSc2ncccc2N)CCCCC1. The van der Waals surface area contributed by atoms with E-state index in [1.807, 2.05) is 0 Å². The van der Waals surface area contributed by atoms with Gasteiger partial charge in [0.15, 0.2) is 0 Å². The molecule has 0 atom stereocenters. The average molecular weight is 290 g/mol. The summed E-state index contributed by atoms with van der Waals surface area (Å²) in [6.45, 7) is 0. The number of amides is 1. The average Bonchev–Trinajstić information content (AvgIpc) is 2.47. The third-order valence-corrected chi connectivity index (χ3v) is 4.46. The molecule has 3 N–H and O–H groups in total. The lowest BCUT2D eigenvalue weighted by atomic mass is 9.83. The molecule has 1 amide bonds. The highest BCUT2D eigenvalue weighted by molar-refractivity contribution is 8.00. The molecule has 1 saturated carbocycles. The van der Waals surface area contributed by atoms with Crippen LogP contribution in [0.2, 0.25) is 0 Å². The molecule has 1 aliphatic carbocycles. The van der Waals surface area contributed by atoms with Crippen LogP contribution < -0.4 is 11.1 Å². The second kappa shape index (κ2) is 6.62. The second-order valence-corrected chi connectivity index (χ2v) is 5.95. The van der Waals surface area contributed by atoms with Crippen molar-refractivity contribution < 1.29 is 4.79 Å². The Hall–Kier alpha value is -1.74. The van der Waals surface area contributed by atoms with Crippen molar-refractivity contribution in [3.05, 3.63) is 18.3 Å².